The summed E-state index contributed by atoms with van der Waals surface area (Å²) < 4.78 is 8.31. The van der Waals surface area contributed by atoms with Gasteiger partial charge in [0.25, 0.3) is 16.6 Å². The molecule has 1 aromatic carbocycles. The van der Waals surface area contributed by atoms with Gasteiger partial charge < -0.3 is 14.6 Å². The van der Waals surface area contributed by atoms with Crippen molar-refractivity contribution in [2.24, 2.45) is 0 Å². The second-order valence-corrected chi connectivity index (χ2v) is 8.21. The Labute approximate surface area is 165 Å². The lowest BCUT2D eigenvalue weighted by molar-refractivity contribution is -0.895. The van der Waals surface area contributed by atoms with Gasteiger partial charge in [-0.1, -0.05) is 29.8 Å². The molecule has 138 valence electrons. The molecule has 2 aromatic heterocycles. The van der Waals surface area contributed by atoms with Gasteiger partial charge in [-0.05, 0) is 32.1 Å². The van der Waals surface area contributed by atoms with Crippen molar-refractivity contribution in [3.05, 3.63) is 34.1 Å². The van der Waals surface area contributed by atoms with Crippen LogP contribution in [0.4, 0.5) is 0 Å². The lowest BCUT2D eigenvalue weighted by Gasteiger charge is -2.14. The molecule has 0 radical (unpaired) electrons. The number of nitrogens with one attached hydrogen (secondary N) is 2. The van der Waals surface area contributed by atoms with E-state index in [1.165, 1.54) is 11.3 Å². The minimum atomic E-state index is -0.0136. The fraction of sp³-hybridized carbons (Fsp3) is 0.353. The Morgan fingerprint density at radius 3 is 2.88 bits per heavy atom. The molecule has 2 heterocycles. The average molecular weight is 412 g/mol. The second kappa shape index (κ2) is 7.87. The van der Waals surface area contributed by atoms with Gasteiger partial charge >= 0.3 is 0 Å². The Balaban J connectivity index is 1.79. The van der Waals surface area contributed by atoms with Crippen LogP contribution in [0.1, 0.15) is 13.8 Å². The lowest BCUT2D eigenvalue weighted by Crippen LogP contribution is -3.09. The fourth-order valence-corrected chi connectivity index (χ4v) is 4.23. The summed E-state index contributed by atoms with van der Waals surface area (Å²) in [5, 5.41) is 8.92. The van der Waals surface area contributed by atoms with Gasteiger partial charge in [-0.3, -0.25) is 4.79 Å². The van der Waals surface area contributed by atoms with Crippen LogP contribution in [-0.4, -0.2) is 35.3 Å². The molecule has 0 fully saturated rings. The minimum Gasteiger partial charge on any atom is -0.408 e. The highest BCUT2D eigenvalue weighted by molar-refractivity contribution is 7.71. The molecule has 1 unspecified atom stereocenters. The maximum atomic E-state index is 11.9. The van der Waals surface area contributed by atoms with E-state index < -0.39 is 0 Å². The minimum absolute atomic E-state index is 0.0136. The Kier molecular flexibility index (Phi) is 5.76. The van der Waals surface area contributed by atoms with Gasteiger partial charge in [0.05, 0.1) is 12.1 Å². The van der Waals surface area contributed by atoms with E-state index in [4.69, 9.17) is 28.2 Å². The zero-order valence-electron chi connectivity index (χ0n) is 14.7. The Morgan fingerprint density at radius 1 is 1.46 bits per heavy atom. The standard InChI is InChI=1S/C17H19ClN4O2S2/c1-10(2)19-13(23)8-21(3)9-22-17(25)24-16(20-22)15-14(18)11-6-4-5-7-12(11)26-15/h4-7,10H,8-9H2,1-3H3,(H,19,23)/p+1. The Bertz CT molecular complexity index is 992. The molecule has 1 amide bonds. The van der Waals surface area contributed by atoms with Crippen molar-refractivity contribution < 1.29 is 14.1 Å². The molecule has 0 bridgehead atoms. The highest BCUT2D eigenvalue weighted by Crippen LogP contribution is 2.41. The summed E-state index contributed by atoms with van der Waals surface area (Å²) in [5.41, 5.74) is 0. The van der Waals surface area contributed by atoms with Crippen LogP contribution in [0, 0.1) is 4.84 Å². The largest absolute Gasteiger partial charge is 0.408 e. The molecule has 0 saturated carbocycles. The second-order valence-electron chi connectivity index (χ2n) is 6.43. The third-order valence-corrected chi connectivity index (χ3v) is 5.62. The number of fused-ring (bicyclic) bond motifs is 1. The molecular weight excluding hydrogens is 392 g/mol. The average Bonchev–Trinajstić information content (AvgIpc) is 3.07. The van der Waals surface area contributed by atoms with Crippen molar-refractivity contribution in [2.45, 2.75) is 26.6 Å². The predicted molar refractivity (Wildman–Crippen MR) is 106 cm³/mol. The Morgan fingerprint density at radius 2 is 2.19 bits per heavy atom. The molecule has 26 heavy (non-hydrogen) atoms. The zero-order chi connectivity index (χ0) is 18.8. The maximum absolute atomic E-state index is 11.9. The van der Waals surface area contributed by atoms with Gasteiger partial charge in [-0.2, -0.15) is 4.68 Å². The summed E-state index contributed by atoms with van der Waals surface area (Å²) in [6.45, 7) is 4.62. The van der Waals surface area contributed by atoms with E-state index in [2.05, 4.69) is 10.4 Å². The third-order valence-electron chi connectivity index (χ3n) is 3.67. The van der Waals surface area contributed by atoms with Crippen molar-refractivity contribution in [3.63, 3.8) is 0 Å². The molecule has 0 aliphatic heterocycles. The van der Waals surface area contributed by atoms with Crippen LogP contribution in [0.15, 0.2) is 28.7 Å². The smallest absolute Gasteiger partial charge is 0.292 e. The molecule has 3 aromatic rings. The van der Waals surface area contributed by atoms with Gasteiger partial charge in [-0.15, -0.1) is 16.4 Å². The number of likely N-dealkylation sites (N-methyl/N-ethyl adjacent to an activating group) is 1. The summed E-state index contributed by atoms with van der Waals surface area (Å²) in [6.07, 6.45) is 0. The number of rotatable bonds is 6. The molecule has 3 rings (SSSR count). The van der Waals surface area contributed by atoms with Crippen LogP contribution in [0.2, 0.25) is 5.02 Å². The quantitative estimate of drug-likeness (QED) is 0.612. The monoisotopic (exact) mass is 411 g/mol. The number of aromatic nitrogens is 2. The summed E-state index contributed by atoms with van der Waals surface area (Å²) in [4.78, 5) is 13.8. The number of amides is 1. The molecule has 0 aliphatic carbocycles. The molecule has 0 saturated heterocycles. The highest BCUT2D eigenvalue weighted by atomic mass is 35.5. The number of nitrogens with zero attached hydrogens (tertiary/aromatic N) is 2. The molecule has 0 spiro atoms. The molecule has 9 heteroatoms. The number of carbonyl (C=O) groups is 1. The van der Waals surface area contributed by atoms with Crippen molar-refractivity contribution in [1.29, 1.82) is 0 Å². The van der Waals surface area contributed by atoms with Gasteiger partial charge in [0.1, 0.15) is 4.88 Å². The summed E-state index contributed by atoms with van der Waals surface area (Å²) >= 11 is 13.3. The molecule has 6 nitrogen and oxygen atoms in total. The van der Waals surface area contributed by atoms with Gasteiger partial charge in [0, 0.05) is 16.1 Å². The predicted octanol–water partition coefficient (Wildman–Crippen LogP) is 2.74. The highest BCUT2D eigenvalue weighted by Gasteiger charge is 2.19. The van der Waals surface area contributed by atoms with E-state index in [0.29, 0.717) is 24.1 Å². The van der Waals surface area contributed by atoms with Crippen LogP contribution >= 0.6 is 35.2 Å². The topological polar surface area (TPSA) is 64.5 Å². The lowest BCUT2D eigenvalue weighted by atomic mass is 10.2. The van der Waals surface area contributed by atoms with Crippen LogP contribution in [0.25, 0.3) is 20.9 Å². The maximum Gasteiger partial charge on any atom is 0.292 e. The van der Waals surface area contributed by atoms with E-state index in [0.717, 1.165) is 19.9 Å². The summed E-state index contributed by atoms with van der Waals surface area (Å²) in [6, 6.07) is 8.00. The van der Waals surface area contributed by atoms with Gasteiger partial charge in [-0.25, -0.2) is 0 Å². The van der Waals surface area contributed by atoms with E-state index in [9.17, 15) is 4.79 Å². The number of thiophene rings is 1. The first kappa shape index (κ1) is 19.0. The molecular formula is C17H20ClN4O2S2+. The number of hydrogen-bond donors (Lipinski definition) is 2. The summed E-state index contributed by atoms with van der Waals surface area (Å²) in [5.74, 6) is 0.390. The molecule has 2 N–H and O–H groups in total. The summed E-state index contributed by atoms with van der Waals surface area (Å²) in [7, 11) is 1.91. The SMILES string of the molecule is CC(C)NC(=O)C[NH+](C)Cn1nc(-c2sc3ccccc3c2Cl)oc1=S. The van der Waals surface area contributed by atoms with E-state index in [-0.39, 0.29) is 16.8 Å². The molecule has 1 atom stereocenters. The van der Waals surface area contributed by atoms with E-state index in [1.54, 1.807) is 4.68 Å². The third kappa shape index (κ3) is 4.15. The zero-order valence-corrected chi connectivity index (χ0v) is 17.1. The number of carbonyl (C=O) groups excluding carboxylic acids is 1. The normalized spacial score (nSPS) is 12.7. The number of hydrogen-bond acceptors (Lipinski definition) is 5. The van der Waals surface area contributed by atoms with Crippen molar-refractivity contribution in [1.82, 2.24) is 15.1 Å². The fourth-order valence-electron chi connectivity index (χ4n) is 2.61. The van der Waals surface area contributed by atoms with Gasteiger partial charge in [0.15, 0.2) is 13.2 Å². The van der Waals surface area contributed by atoms with E-state index >= 15 is 0 Å². The van der Waals surface area contributed by atoms with E-state index in [1.807, 2.05) is 45.2 Å². The van der Waals surface area contributed by atoms with Crippen molar-refractivity contribution in [2.75, 3.05) is 13.6 Å². The molecule has 0 aliphatic rings. The van der Waals surface area contributed by atoms with Crippen molar-refractivity contribution in [3.8, 4) is 10.8 Å². The first-order valence-corrected chi connectivity index (χ1v) is 9.81. The number of quaternary nitrogens is 1. The van der Waals surface area contributed by atoms with Gasteiger partial charge in [0.2, 0.25) is 0 Å². The first-order valence-electron chi connectivity index (χ1n) is 8.21. The van der Waals surface area contributed by atoms with Crippen LogP contribution in [0.5, 0.6) is 0 Å². The van der Waals surface area contributed by atoms with Crippen LogP contribution < -0.4 is 10.2 Å². The van der Waals surface area contributed by atoms with Crippen molar-refractivity contribution >= 4 is 51.1 Å². The van der Waals surface area contributed by atoms with Crippen LogP contribution in [-0.2, 0) is 11.5 Å². The number of halogens is 1. The number of benzene rings is 1. The Hall–Kier alpha value is -1.74. The first-order chi connectivity index (χ1) is 12.3. The van der Waals surface area contributed by atoms with Crippen LogP contribution in [0.3, 0.4) is 0 Å².